The molecule has 0 heterocycles. The average Bonchev–Trinajstić information content (AvgIpc) is 2.95. The van der Waals surface area contributed by atoms with Gasteiger partial charge in [-0.25, -0.2) is 4.39 Å². The zero-order valence-corrected chi connectivity index (χ0v) is 21.5. The lowest BCUT2D eigenvalue weighted by molar-refractivity contribution is -0.120. The molecule has 0 saturated carbocycles. The number of amides is 3. The van der Waals surface area contributed by atoms with Gasteiger partial charge >= 0.3 is 0 Å². The molecule has 3 amide bonds. The molecule has 0 spiro atoms. The molecule has 8 heteroatoms. The smallest absolute Gasteiger partial charge is 0.272 e. The predicted octanol–water partition coefficient (Wildman–Crippen LogP) is 5.75. The van der Waals surface area contributed by atoms with Crippen molar-refractivity contribution in [2.24, 2.45) is 0 Å². The second kappa shape index (κ2) is 13.2. The van der Waals surface area contributed by atoms with Crippen molar-refractivity contribution in [3.05, 3.63) is 142 Å². The van der Waals surface area contributed by atoms with E-state index in [0.717, 1.165) is 11.1 Å². The highest BCUT2D eigenvalue weighted by molar-refractivity contribution is 6.30. The van der Waals surface area contributed by atoms with Crippen molar-refractivity contribution >= 4 is 41.1 Å². The lowest BCUT2D eigenvalue weighted by Gasteiger charge is -2.12. The van der Waals surface area contributed by atoms with Gasteiger partial charge < -0.3 is 16.0 Å². The highest BCUT2D eigenvalue weighted by Crippen LogP contribution is 2.15. The lowest BCUT2D eigenvalue weighted by atomic mass is 10.1. The largest absolute Gasteiger partial charge is 0.352 e. The van der Waals surface area contributed by atoms with Crippen molar-refractivity contribution in [3.8, 4) is 0 Å². The van der Waals surface area contributed by atoms with Crippen molar-refractivity contribution < 1.29 is 18.8 Å². The summed E-state index contributed by atoms with van der Waals surface area (Å²) in [5, 5.41) is 8.82. The monoisotopic (exact) mass is 541 g/mol. The third-order valence-corrected chi connectivity index (χ3v) is 5.94. The Hall–Kier alpha value is -4.75. The van der Waals surface area contributed by atoms with Crippen LogP contribution in [-0.4, -0.2) is 17.7 Å². The molecule has 4 aromatic rings. The minimum atomic E-state index is -0.515. The van der Waals surface area contributed by atoms with E-state index in [1.807, 2.05) is 0 Å². The maximum atomic E-state index is 13.1. The maximum absolute atomic E-state index is 13.1. The SMILES string of the molecule is O=C(Cc1ccc(NC(=O)C(=Cc2ccc(Cl)cc2)NC(=O)c2ccccc2)cc1)NCc1ccc(F)cc1. The average molecular weight is 542 g/mol. The van der Waals surface area contributed by atoms with E-state index in [0.29, 0.717) is 28.4 Å². The summed E-state index contributed by atoms with van der Waals surface area (Å²) in [7, 11) is 0. The number of hydrogen-bond acceptors (Lipinski definition) is 3. The Morgan fingerprint density at radius 1 is 0.769 bits per heavy atom. The van der Waals surface area contributed by atoms with E-state index >= 15 is 0 Å². The fourth-order valence-corrected chi connectivity index (χ4v) is 3.75. The van der Waals surface area contributed by atoms with Gasteiger partial charge in [-0.3, -0.25) is 14.4 Å². The van der Waals surface area contributed by atoms with E-state index in [1.54, 1.807) is 97.1 Å². The van der Waals surface area contributed by atoms with Crippen molar-refractivity contribution in [2.75, 3.05) is 5.32 Å². The first-order valence-corrected chi connectivity index (χ1v) is 12.5. The molecule has 0 atom stereocenters. The summed E-state index contributed by atoms with van der Waals surface area (Å²) in [6.07, 6.45) is 1.70. The summed E-state index contributed by atoms with van der Waals surface area (Å²) >= 11 is 5.97. The zero-order valence-electron chi connectivity index (χ0n) is 20.8. The van der Waals surface area contributed by atoms with Gasteiger partial charge in [0.15, 0.2) is 0 Å². The zero-order chi connectivity index (χ0) is 27.6. The van der Waals surface area contributed by atoms with Crippen LogP contribution in [0, 0.1) is 5.82 Å². The van der Waals surface area contributed by atoms with Crippen LogP contribution in [0.1, 0.15) is 27.0 Å². The van der Waals surface area contributed by atoms with Gasteiger partial charge in [-0.1, -0.05) is 66.2 Å². The van der Waals surface area contributed by atoms with Crippen LogP contribution >= 0.6 is 11.6 Å². The summed E-state index contributed by atoms with van der Waals surface area (Å²) in [6.45, 7) is 0.296. The summed E-state index contributed by atoms with van der Waals surface area (Å²) < 4.78 is 13.0. The van der Waals surface area contributed by atoms with E-state index < -0.39 is 11.8 Å². The summed E-state index contributed by atoms with van der Waals surface area (Å²) in [5.74, 6) is -1.46. The van der Waals surface area contributed by atoms with Gasteiger partial charge in [-0.2, -0.15) is 0 Å². The van der Waals surface area contributed by atoms with Crippen LogP contribution in [-0.2, 0) is 22.6 Å². The van der Waals surface area contributed by atoms with Crippen molar-refractivity contribution in [1.29, 1.82) is 0 Å². The van der Waals surface area contributed by atoms with Gasteiger partial charge in [0.2, 0.25) is 5.91 Å². The molecule has 0 fully saturated rings. The Bertz CT molecular complexity index is 1470. The molecule has 0 unspecified atom stereocenters. The number of anilines is 1. The summed E-state index contributed by atoms with van der Waals surface area (Å²) in [5.41, 5.74) is 3.18. The molecule has 0 aliphatic rings. The van der Waals surface area contributed by atoms with Crippen molar-refractivity contribution in [2.45, 2.75) is 13.0 Å². The Balaban J connectivity index is 1.40. The standard InChI is InChI=1S/C31H25ClFN3O3/c32-25-12-6-21(7-13-25)18-28(36-30(38)24-4-2-1-3-5-24)31(39)35-27-16-10-22(11-17-27)19-29(37)34-20-23-8-14-26(33)15-9-23/h1-18H,19-20H2,(H,34,37)(H,35,39)(H,36,38). The van der Waals surface area contributed by atoms with Gasteiger partial charge in [0.25, 0.3) is 11.8 Å². The number of rotatable bonds is 9. The Morgan fingerprint density at radius 3 is 2.08 bits per heavy atom. The Labute approximate surface area is 230 Å². The minimum Gasteiger partial charge on any atom is -0.352 e. The van der Waals surface area contributed by atoms with Gasteiger partial charge in [0, 0.05) is 22.8 Å². The van der Waals surface area contributed by atoms with Crippen LogP contribution in [0.3, 0.4) is 0 Å². The van der Waals surface area contributed by atoms with Crippen LogP contribution in [0.4, 0.5) is 10.1 Å². The molecule has 4 aromatic carbocycles. The molecular weight excluding hydrogens is 517 g/mol. The number of nitrogens with one attached hydrogen (secondary N) is 3. The van der Waals surface area contributed by atoms with Gasteiger partial charge in [-0.05, 0) is 71.3 Å². The third kappa shape index (κ3) is 8.38. The molecular formula is C31H25ClFN3O3. The molecule has 3 N–H and O–H groups in total. The number of carbonyl (C=O) groups excluding carboxylic acids is 3. The van der Waals surface area contributed by atoms with E-state index in [1.165, 1.54) is 12.1 Å². The summed E-state index contributed by atoms with van der Waals surface area (Å²) in [4.78, 5) is 38.2. The second-order valence-corrected chi connectivity index (χ2v) is 9.10. The second-order valence-electron chi connectivity index (χ2n) is 8.66. The van der Waals surface area contributed by atoms with Crippen LogP contribution in [0.25, 0.3) is 6.08 Å². The van der Waals surface area contributed by atoms with E-state index in [4.69, 9.17) is 11.6 Å². The highest BCUT2D eigenvalue weighted by atomic mass is 35.5. The molecule has 0 saturated heterocycles. The first-order chi connectivity index (χ1) is 18.9. The van der Waals surface area contributed by atoms with E-state index in [9.17, 15) is 18.8 Å². The maximum Gasteiger partial charge on any atom is 0.272 e. The molecule has 196 valence electrons. The molecule has 4 rings (SSSR count). The minimum absolute atomic E-state index is 0.0513. The number of hydrogen-bond donors (Lipinski definition) is 3. The fraction of sp³-hybridized carbons (Fsp3) is 0.0645. The van der Waals surface area contributed by atoms with E-state index in [-0.39, 0.29) is 23.8 Å². The normalized spacial score (nSPS) is 11.0. The topological polar surface area (TPSA) is 87.3 Å². The third-order valence-electron chi connectivity index (χ3n) is 5.69. The summed E-state index contributed by atoms with van der Waals surface area (Å²) in [6, 6.07) is 28.2. The van der Waals surface area contributed by atoms with Gasteiger partial charge in [0.1, 0.15) is 11.5 Å². The van der Waals surface area contributed by atoms with Crippen LogP contribution in [0.2, 0.25) is 5.02 Å². The number of benzene rings is 4. The van der Waals surface area contributed by atoms with Crippen LogP contribution in [0.5, 0.6) is 0 Å². The molecule has 0 aliphatic carbocycles. The van der Waals surface area contributed by atoms with Gasteiger partial charge in [0.05, 0.1) is 6.42 Å². The molecule has 0 aliphatic heterocycles. The van der Waals surface area contributed by atoms with Gasteiger partial charge in [-0.15, -0.1) is 0 Å². The van der Waals surface area contributed by atoms with Crippen LogP contribution in [0.15, 0.2) is 109 Å². The first kappa shape index (κ1) is 27.3. The van der Waals surface area contributed by atoms with E-state index in [2.05, 4.69) is 16.0 Å². The fourth-order valence-electron chi connectivity index (χ4n) is 3.62. The molecule has 39 heavy (non-hydrogen) atoms. The Morgan fingerprint density at radius 2 is 1.41 bits per heavy atom. The van der Waals surface area contributed by atoms with Crippen LogP contribution < -0.4 is 16.0 Å². The molecule has 0 aromatic heterocycles. The number of carbonyl (C=O) groups is 3. The van der Waals surface area contributed by atoms with Crippen molar-refractivity contribution in [1.82, 2.24) is 10.6 Å². The lowest BCUT2D eigenvalue weighted by Crippen LogP contribution is -2.30. The predicted molar refractivity (Wildman–Crippen MR) is 150 cm³/mol. The molecule has 0 bridgehead atoms. The number of halogens is 2. The quantitative estimate of drug-likeness (QED) is 0.236. The Kier molecular flexibility index (Phi) is 9.21. The first-order valence-electron chi connectivity index (χ1n) is 12.1. The molecule has 6 nitrogen and oxygen atoms in total. The highest BCUT2D eigenvalue weighted by Gasteiger charge is 2.15. The van der Waals surface area contributed by atoms with Crippen molar-refractivity contribution in [3.63, 3.8) is 0 Å². The molecule has 0 radical (unpaired) electrons.